The van der Waals surface area contributed by atoms with Crippen LogP contribution in [0.15, 0.2) is 0 Å². The minimum absolute atomic E-state index is 0.245. The van der Waals surface area contributed by atoms with Crippen molar-refractivity contribution in [1.29, 1.82) is 0 Å². The summed E-state index contributed by atoms with van der Waals surface area (Å²) in [5, 5.41) is 15.9. The van der Waals surface area contributed by atoms with Crippen LogP contribution in [-0.4, -0.2) is 53.0 Å². The zero-order valence-electron chi connectivity index (χ0n) is 14.8. The third-order valence-electron chi connectivity index (χ3n) is 3.30. The second kappa shape index (κ2) is 9.86. The van der Waals surface area contributed by atoms with E-state index in [4.69, 9.17) is 10.8 Å². The molecule has 0 saturated heterocycles. The van der Waals surface area contributed by atoms with Crippen LogP contribution < -0.4 is 21.7 Å². The molecule has 24 heavy (non-hydrogen) atoms. The Morgan fingerprint density at radius 3 is 1.54 bits per heavy atom. The number of aliphatic carboxylic acids is 1. The van der Waals surface area contributed by atoms with Crippen molar-refractivity contribution in [2.75, 3.05) is 0 Å². The SMILES string of the molecule is CC(C)CC(N)C(=O)NC(C)C(=O)NC(C)C(=O)NC(C)C(=O)O. The van der Waals surface area contributed by atoms with E-state index in [-0.39, 0.29) is 5.92 Å². The molecule has 138 valence electrons. The molecule has 0 bridgehead atoms. The maximum atomic E-state index is 12.0. The molecule has 0 aliphatic rings. The number of amides is 3. The van der Waals surface area contributed by atoms with Crippen LogP contribution >= 0.6 is 0 Å². The smallest absolute Gasteiger partial charge is 0.325 e. The van der Waals surface area contributed by atoms with Crippen LogP contribution in [0.1, 0.15) is 41.0 Å². The Labute approximate surface area is 141 Å². The Morgan fingerprint density at radius 2 is 1.17 bits per heavy atom. The first-order chi connectivity index (χ1) is 11.0. The molecule has 0 saturated carbocycles. The van der Waals surface area contributed by atoms with Crippen molar-refractivity contribution in [3.63, 3.8) is 0 Å². The van der Waals surface area contributed by atoms with E-state index < -0.39 is 47.9 Å². The minimum Gasteiger partial charge on any atom is -0.480 e. The molecule has 3 amide bonds. The maximum absolute atomic E-state index is 12.0. The van der Waals surface area contributed by atoms with Crippen molar-refractivity contribution in [3.05, 3.63) is 0 Å². The van der Waals surface area contributed by atoms with Gasteiger partial charge in [-0.25, -0.2) is 0 Å². The van der Waals surface area contributed by atoms with E-state index in [1.54, 1.807) is 0 Å². The van der Waals surface area contributed by atoms with Crippen molar-refractivity contribution in [3.8, 4) is 0 Å². The molecule has 4 atom stereocenters. The highest BCUT2D eigenvalue weighted by Gasteiger charge is 2.24. The second-order valence-corrected chi connectivity index (χ2v) is 6.27. The lowest BCUT2D eigenvalue weighted by atomic mass is 10.0. The summed E-state index contributed by atoms with van der Waals surface area (Å²) in [6, 6.07) is -3.59. The standard InChI is InChI=1S/C15H28N4O5/c1-7(2)6-11(16)14(22)18-9(4)12(20)17-8(3)13(21)19-10(5)15(23)24/h7-11H,6,16H2,1-5H3,(H,17,20)(H,18,22)(H,19,21)(H,23,24). The fourth-order valence-electron chi connectivity index (χ4n) is 1.80. The monoisotopic (exact) mass is 344 g/mol. The highest BCUT2D eigenvalue weighted by atomic mass is 16.4. The Balaban J connectivity index is 4.46. The van der Waals surface area contributed by atoms with Gasteiger partial charge in [0.15, 0.2) is 0 Å². The molecule has 6 N–H and O–H groups in total. The van der Waals surface area contributed by atoms with Gasteiger partial charge in [0.25, 0.3) is 0 Å². The van der Waals surface area contributed by atoms with Crippen LogP contribution in [0.25, 0.3) is 0 Å². The van der Waals surface area contributed by atoms with Crippen molar-refractivity contribution in [2.24, 2.45) is 11.7 Å². The van der Waals surface area contributed by atoms with E-state index >= 15 is 0 Å². The first kappa shape index (κ1) is 21.8. The lowest BCUT2D eigenvalue weighted by molar-refractivity contribution is -0.141. The number of nitrogens with one attached hydrogen (secondary N) is 3. The zero-order valence-corrected chi connectivity index (χ0v) is 14.8. The van der Waals surface area contributed by atoms with E-state index in [0.717, 1.165) is 0 Å². The van der Waals surface area contributed by atoms with Gasteiger partial charge < -0.3 is 26.8 Å². The quantitative estimate of drug-likeness (QED) is 0.360. The Morgan fingerprint density at radius 1 is 0.792 bits per heavy atom. The Kier molecular flexibility index (Phi) is 8.97. The summed E-state index contributed by atoms with van der Waals surface area (Å²) in [7, 11) is 0. The molecule has 9 nitrogen and oxygen atoms in total. The highest BCUT2D eigenvalue weighted by molar-refractivity contribution is 5.93. The molecule has 0 aromatic carbocycles. The lowest BCUT2D eigenvalue weighted by Crippen LogP contribution is -2.55. The van der Waals surface area contributed by atoms with Gasteiger partial charge in [-0.15, -0.1) is 0 Å². The average molecular weight is 344 g/mol. The molecule has 9 heteroatoms. The largest absolute Gasteiger partial charge is 0.480 e. The number of carbonyl (C=O) groups is 4. The number of hydrogen-bond donors (Lipinski definition) is 5. The maximum Gasteiger partial charge on any atom is 0.325 e. The third kappa shape index (κ3) is 7.91. The van der Waals surface area contributed by atoms with Crippen LogP contribution in [0.3, 0.4) is 0 Å². The lowest BCUT2D eigenvalue weighted by Gasteiger charge is -2.21. The van der Waals surface area contributed by atoms with Gasteiger partial charge in [-0.05, 0) is 33.1 Å². The van der Waals surface area contributed by atoms with Gasteiger partial charge in [0, 0.05) is 0 Å². The number of carboxylic acids is 1. The van der Waals surface area contributed by atoms with Gasteiger partial charge in [0.05, 0.1) is 6.04 Å². The number of carbonyl (C=O) groups excluding carboxylic acids is 3. The van der Waals surface area contributed by atoms with Crippen molar-refractivity contribution in [1.82, 2.24) is 16.0 Å². The number of rotatable bonds is 9. The summed E-state index contributed by atoms with van der Waals surface area (Å²) in [5.74, 6) is -2.57. The number of hydrogen-bond acceptors (Lipinski definition) is 5. The van der Waals surface area contributed by atoms with Crippen LogP contribution in [0, 0.1) is 5.92 Å². The van der Waals surface area contributed by atoms with Crippen molar-refractivity contribution < 1.29 is 24.3 Å². The third-order valence-corrected chi connectivity index (χ3v) is 3.30. The molecular formula is C15H28N4O5. The van der Waals surface area contributed by atoms with Gasteiger partial charge in [0.2, 0.25) is 17.7 Å². The molecule has 0 rings (SSSR count). The van der Waals surface area contributed by atoms with Crippen molar-refractivity contribution >= 4 is 23.7 Å². The Bertz CT molecular complexity index is 480. The zero-order chi connectivity index (χ0) is 19.0. The molecular weight excluding hydrogens is 316 g/mol. The summed E-state index contributed by atoms with van der Waals surface area (Å²) in [6.45, 7) is 8.07. The van der Waals surface area contributed by atoms with E-state index in [1.807, 2.05) is 13.8 Å². The average Bonchev–Trinajstić information content (AvgIpc) is 2.45. The van der Waals surface area contributed by atoms with Crippen LogP contribution in [0.5, 0.6) is 0 Å². The molecule has 0 aromatic heterocycles. The number of carboxylic acid groups (broad SMARTS) is 1. The normalized spacial score (nSPS) is 15.8. The molecule has 0 aliphatic heterocycles. The van der Waals surface area contributed by atoms with E-state index in [0.29, 0.717) is 6.42 Å². The fourth-order valence-corrected chi connectivity index (χ4v) is 1.80. The fraction of sp³-hybridized carbons (Fsp3) is 0.733. The van der Waals surface area contributed by atoms with Gasteiger partial charge in [0.1, 0.15) is 18.1 Å². The summed E-state index contributed by atoms with van der Waals surface area (Å²) in [5.41, 5.74) is 5.74. The highest BCUT2D eigenvalue weighted by Crippen LogP contribution is 2.02. The van der Waals surface area contributed by atoms with Crippen molar-refractivity contribution in [2.45, 2.75) is 65.2 Å². The molecule has 0 aliphatic carbocycles. The topological polar surface area (TPSA) is 151 Å². The van der Waals surface area contributed by atoms with Crippen LogP contribution in [0.4, 0.5) is 0 Å². The molecule has 0 heterocycles. The van der Waals surface area contributed by atoms with E-state index in [9.17, 15) is 19.2 Å². The molecule has 0 aromatic rings. The molecule has 0 radical (unpaired) electrons. The number of nitrogens with two attached hydrogens (primary N) is 1. The summed E-state index contributed by atoms with van der Waals surface area (Å²) in [6.07, 6.45) is 0.492. The van der Waals surface area contributed by atoms with Gasteiger partial charge in [-0.1, -0.05) is 13.8 Å². The Hall–Kier alpha value is -2.16. The minimum atomic E-state index is -1.18. The van der Waals surface area contributed by atoms with Crippen LogP contribution in [0.2, 0.25) is 0 Å². The summed E-state index contributed by atoms with van der Waals surface area (Å²) >= 11 is 0. The van der Waals surface area contributed by atoms with E-state index in [2.05, 4.69) is 16.0 Å². The predicted molar refractivity (Wildman–Crippen MR) is 87.9 cm³/mol. The summed E-state index contributed by atoms with van der Waals surface area (Å²) < 4.78 is 0. The summed E-state index contributed by atoms with van der Waals surface area (Å²) in [4.78, 5) is 46.3. The van der Waals surface area contributed by atoms with E-state index in [1.165, 1.54) is 20.8 Å². The van der Waals surface area contributed by atoms with Gasteiger partial charge >= 0.3 is 5.97 Å². The van der Waals surface area contributed by atoms with Gasteiger partial charge in [-0.2, -0.15) is 0 Å². The molecule has 0 fully saturated rings. The van der Waals surface area contributed by atoms with Gasteiger partial charge in [-0.3, -0.25) is 19.2 Å². The first-order valence-corrected chi connectivity index (χ1v) is 7.85. The molecule has 4 unspecified atom stereocenters. The second-order valence-electron chi connectivity index (χ2n) is 6.27. The molecule has 0 spiro atoms. The van der Waals surface area contributed by atoms with Crippen LogP contribution in [-0.2, 0) is 19.2 Å². The predicted octanol–water partition coefficient (Wildman–Crippen LogP) is -1.04. The first-order valence-electron chi connectivity index (χ1n) is 7.85.